The summed E-state index contributed by atoms with van der Waals surface area (Å²) in [6.45, 7) is 1.12. The molecule has 0 spiro atoms. The van der Waals surface area contributed by atoms with Gasteiger partial charge in [0.05, 0.1) is 48.1 Å². The first kappa shape index (κ1) is 30.3. The highest BCUT2D eigenvalue weighted by atomic mass is 79.9. The van der Waals surface area contributed by atoms with Gasteiger partial charge in [-0.05, 0) is 59.3 Å². The lowest BCUT2D eigenvalue weighted by molar-refractivity contribution is -0.0280. The third-order valence-electron chi connectivity index (χ3n) is 6.90. The second-order valence-electron chi connectivity index (χ2n) is 9.46. The molecule has 1 aliphatic rings. The average Bonchev–Trinajstić information content (AvgIpc) is 2.99. The van der Waals surface area contributed by atoms with Crippen LogP contribution in [0.4, 0.5) is 8.78 Å². The van der Waals surface area contributed by atoms with Gasteiger partial charge in [-0.1, -0.05) is 0 Å². The number of hydrogen-bond acceptors (Lipinski definition) is 9. The molecule has 1 N–H and O–H groups in total. The maximum absolute atomic E-state index is 15.9. The van der Waals surface area contributed by atoms with E-state index in [0.717, 1.165) is 11.1 Å². The molecule has 0 bridgehead atoms. The number of aliphatic imine (C=N–C) groups is 1. The number of halogens is 3. The summed E-state index contributed by atoms with van der Waals surface area (Å²) in [5.74, 6) is 1.54. The fourth-order valence-corrected chi connectivity index (χ4v) is 4.95. The lowest BCUT2D eigenvalue weighted by Crippen LogP contribution is -2.53. The molecule has 1 aliphatic heterocycles. The normalized spacial score (nSPS) is 20.1. The maximum atomic E-state index is 15.9. The van der Waals surface area contributed by atoms with Gasteiger partial charge in [0.15, 0.2) is 12.3 Å². The number of hydrogen-bond donors (Lipinski definition) is 1. The predicted octanol–water partition coefficient (Wildman–Crippen LogP) is 5.02. The molecule has 12 heteroatoms. The smallest absolute Gasteiger partial charge is 0.289 e. The van der Waals surface area contributed by atoms with Crippen LogP contribution in [0.2, 0.25) is 0 Å². The SMILES string of the molecule is COc1ccc(CN(Cc2ccc(OC)cc2OC)C2=N[C@](C)(c3nc(Br)ccc3F)[C@@H](F)[C@@H](CO)O2)c(OC)c1. The van der Waals surface area contributed by atoms with Gasteiger partial charge in [0.25, 0.3) is 6.02 Å². The number of alkyl halides is 1. The second kappa shape index (κ2) is 12.9. The number of aliphatic hydroxyl groups excluding tert-OH is 1. The fourth-order valence-electron chi connectivity index (χ4n) is 4.64. The molecule has 0 saturated heterocycles. The number of nitrogens with zero attached hydrogens (tertiary/aromatic N) is 3. The third-order valence-corrected chi connectivity index (χ3v) is 7.34. The van der Waals surface area contributed by atoms with Crippen molar-refractivity contribution in [3.05, 3.63) is 75.8 Å². The zero-order chi connectivity index (χ0) is 29.7. The number of benzene rings is 2. The highest BCUT2D eigenvalue weighted by molar-refractivity contribution is 9.10. The van der Waals surface area contributed by atoms with E-state index in [2.05, 4.69) is 25.9 Å². The first-order chi connectivity index (χ1) is 19.7. The molecule has 2 aromatic carbocycles. The van der Waals surface area contributed by atoms with Gasteiger partial charge in [-0.3, -0.25) is 0 Å². The Kier molecular flexibility index (Phi) is 9.54. The van der Waals surface area contributed by atoms with E-state index in [-0.39, 0.29) is 24.8 Å². The van der Waals surface area contributed by atoms with Crippen molar-refractivity contribution in [2.75, 3.05) is 35.0 Å². The molecule has 0 aliphatic carbocycles. The molecule has 41 heavy (non-hydrogen) atoms. The van der Waals surface area contributed by atoms with Gasteiger partial charge in [-0.2, -0.15) is 0 Å². The van der Waals surface area contributed by atoms with Crippen molar-refractivity contribution >= 4 is 22.0 Å². The minimum Gasteiger partial charge on any atom is -0.497 e. The lowest BCUT2D eigenvalue weighted by Gasteiger charge is -2.41. The van der Waals surface area contributed by atoms with Crippen LogP contribution in [0.15, 0.2) is 58.1 Å². The lowest BCUT2D eigenvalue weighted by atomic mass is 9.87. The molecule has 1 aromatic heterocycles. The molecule has 2 heterocycles. The van der Waals surface area contributed by atoms with Crippen molar-refractivity contribution in [1.29, 1.82) is 0 Å². The number of aromatic nitrogens is 1. The topological polar surface area (TPSA) is 94.9 Å². The number of amidine groups is 1. The summed E-state index contributed by atoms with van der Waals surface area (Å²) in [5, 5.41) is 10.1. The molecule has 9 nitrogen and oxygen atoms in total. The first-order valence-corrected chi connectivity index (χ1v) is 13.5. The zero-order valence-electron chi connectivity index (χ0n) is 23.4. The van der Waals surface area contributed by atoms with Crippen LogP contribution >= 0.6 is 15.9 Å². The minimum atomic E-state index is -1.90. The third kappa shape index (κ3) is 6.33. The Hall–Kier alpha value is -3.64. The van der Waals surface area contributed by atoms with E-state index in [1.54, 1.807) is 43.4 Å². The largest absolute Gasteiger partial charge is 0.497 e. The summed E-state index contributed by atoms with van der Waals surface area (Å²) in [7, 11) is 6.19. The summed E-state index contributed by atoms with van der Waals surface area (Å²) < 4.78 is 59.1. The first-order valence-electron chi connectivity index (χ1n) is 12.7. The highest BCUT2D eigenvalue weighted by Gasteiger charge is 2.50. The molecule has 0 fully saturated rings. The number of aliphatic hydroxyl groups is 1. The Bertz CT molecular complexity index is 1350. The van der Waals surface area contributed by atoms with E-state index in [0.29, 0.717) is 27.6 Å². The number of pyridine rings is 1. The number of methoxy groups -OCH3 is 4. The Morgan fingerprint density at radius 3 is 1.98 bits per heavy atom. The average molecular weight is 636 g/mol. The monoisotopic (exact) mass is 635 g/mol. The van der Waals surface area contributed by atoms with Crippen LogP contribution in [0.1, 0.15) is 23.7 Å². The van der Waals surface area contributed by atoms with Gasteiger partial charge in [0.2, 0.25) is 0 Å². The molecule has 3 atom stereocenters. The van der Waals surface area contributed by atoms with Crippen LogP contribution in [0, 0.1) is 5.82 Å². The van der Waals surface area contributed by atoms with Crippen molar-refractivity contribution in [2.45, 2.75) is 37.8 Å². The molecule has 3 aromatic rings. The number of ether oxygens (including phenoxy) is 5. The van der Waals surface area contributed by atoms with Crippen LogP contribution < -0.4 is 18.9 Å². The highest BCUT2D eigenvalue weighted by Crippen LogP contribution is 2.39. The summed E-state index contributed by atoms with van der Waals surface area (Å²) >= 11 is 3.24. The van der Waals surface area contributed by atoms with Crippen LogP contribution in [0.25, 0.3) is 0 Å². The molecule has 0 saturated carbocycles. The zero-order valence-corrected chi connectivity index (χ0v) is 24.9. The quantitative estimate of drug-likeness (QED) is 0.310. The molecule has 0 radical (unpaired) electrons. The fraction of sp³-hybridized carbons (Fsp3) is 0.379. The summed E-state index contributed by atoms with van der Waals surface area (Å²) in [6.07, 6.45) is -3.24. The van der Waals surface area contributed by atoms with Crippen LogP contribution in [0.5, 0.6) is 23.0 Å². The predicted molar refractivity (Wildman–Crippen MR) is 152 cm³/mol. The van der Waals surface area contributed by atoms with E-state index < -0.39 is 30.2 Å². The molecular formula is C29H32BrF2N3O6. The van der Waals surface area contributed by atoms with E-state index >= 15 is 8.78 Å². The Balaban J connectivity index is 1.86. The standard InChI is InChI=1S/C29H32BrF2N3O6/c1-29(27-21(31)10-11-25(30)33-27)26(32)24(16-36)41-28(34-29)35(14-17-6-8-19(37-2)12-22(17)39-4)15-18-7-9-20(38-3)13-23(18)40-5/h6-13,24,26,36H,14-16H2,1-5H3/t24-,26+,29+/m1/s1. The van der Waals surface area contributed by atoms with Gasteiger partial charge in [0.1, 0.15) is 44.7 Å². The van der Waals surface area contributed by atoms with Gasteiger partial charge >= 0.3 is 0 Å². The van der Waals surface area contributed by atoms with E-state index in [4.69, 9.17) is 23.7 Å². The van der Waals surface area contributed by atoms with Crippen LogP contribution in [0.3, 0.4) is 0 Å². The Morgan fingerprint density at radius 2 is 1.49 bits per heavy atom. The van der Waals surface area contributed by atoms with Crippen molar-refractivity contribution in [3.8, 4) is 23.0 Å². The van der Waals surface area contributed by atoms with Crippen molar-refractivity contribution < 1.29 is 37.6 Å². The maximum Gasteiger partial charge on any atom is 0.289 e. The van der Waals surface area contributed by atoms with Gasteiger partial charge in [-0.25, -0.2) is 18.8 Å². The second-order valence-corrected chi connectivity index (χ2v) is 10.3. The molecular weight excluding hydrogens is 604 g/mol. The van der Waals surface area contributed by atoms with E-state index in [1.165, 1.54) is 33.3 Å². The Labute approximate surface area is 245 Å². The van der Waals surface area contributed by atoms with Gasteiger partial charge < -0.3 is 33.7 Å². The summed E-state index contributed by atoms with van der Waals surface area (Å²) in [4.78, 5) is 10.6. The van der Waals surface area contributed by atoms with Crippen LogP contribution in [-0.4, -0.2) is 68.3 Å². The Morgan fingerprint density at radius 1 is 0.927 bits per heavy atom. The molecule has 4 rings (SSSR count). The minimum absolute atomic E-state index is 0.0163. The van der Waals surface area contributed by atoms with Crippen molar-refractivity contribution in [2.24, 2.45) is 4.99 Å². The van der Waals surface area contributed by atoms with Gasteiger partial charge in [0, 0.05) is 23.3 Å². The molecule has 0 unspecified atom stereocenters. The van der Waals surface area contributed by atoms with E-state index in [9.17, 15) is 5.11 Å². The molecule has 0 amide bonds. The summed E-state index contributed by atoms with van der Waals surface area (Å²) in [6, 6.07) is 13.3. The van der Waals surface area contributed by atoms with Gasteiger partial charge in [-0.15, -0.1) is 0 Å². The van der Waals surface area contributed by atoms with Crippen molar-refractivity contribution in [1.82, 2.24) is 9.88 Å². The van der Waals surface area contributed by atoms with E-state index in [1.807, 2.05) is 12.1 Å². The number of rotatable bonds is 10. The molecule has 220 valence electrons. The van der Waals surface area contributed by atoms with Crippen molar-refractivity contribution in [3.63, 3.8) is 0 Å². The summed E-state index contributed by atoms with van der Waals surface area (Å²) in [5.41, 5.74) is -0.560. The van der Waals surface area contributed by atoms with Crippen LogP contribution in [-0.2, 0) is 23.4 Å².